The average molecular weight is 228 g/mol. The zero-order chi connectivity index (χ0) is 12.6. The lowest BCUT2D eigenvalue weighted by Gasteiger charge is -2.13. The van der Waals surface area contributed by atoms with Gasteiger partial charge in [0.2, 0.25) is 0 Å². The quantitative estimate of drug-likeness (QED) is 0.857. The van der Waals surface area contributed by atoms with Crippen molar-refractivity contribution in [1.82, 2.24) is 4.98 Å². The highest BCUT2D eigenvalue weighted by Crippen LogP contribution is 2.25. The standard InChI is InChI=1S/C15H20N2/c1-9-5-10(2)15-11(3)7-13(12(4)8-16)17-14(15)6-9/h5-7,12H,8,16H2,1-4H3. The van der Waals surface area contributed by atoms with Crippen molar-refractivity contribution < 1.29 is 0 Å². The second-order valence-electron chi connectivity index (χ2n) is 4.98. The highest BCUT2D eigenvalue weighted by molar-refractivity contribution is 5.86. The van der Waals surface area contributed by atoms with Crippen LogP contribution in [0.1, 0.15) is 35.2 Å². The third-order valence-corrected chi connectivity index (χ3v) is 3.33. The molecule has 0 spiro atoms. The van der Waals surface area contributed by atoms with Crippen molar-refractivity contribution >= 4 is 10.9 Å². The Balaban J connectivity index is 2.73. The highest BCUT2D eigenvalue weighted by atomic mass is 14.7. The minimum Gasteiger partial charge on any atom is -0.330 e. The summed E-state index contributed by atoms with van der Waals surface area (Å²) in [6, 6.07) is 6.54. The third-order valence-electron chi connectivity index (χ3n) is 3.33. The van der Waals surface area contributed by atoms with Crippen LogP contribution in [0.25, 0.3) is 10.9 Å². The Bertz CT molecular complexity index is 558. The number of aryl methyl sites for hydroxylation is 3. The van der Waals surface area contributed by atoms with Gasteiger partial charge in [-0.05, 0) is 49.6 Å². The number of hydrogen-bond donors (Lipinski definition) is 1. The lowest BCUT2D eigenvalue weighted by Crippen LogP contribution is -2.11. The fourth-order valence-electron chi connectivity index (χ4n) is 2.38. The summed E-state index contributed by atoms with van der Waals surface area (Å²) in [5, 5.41) is 1.28. The van der Waals surface area contributed by atoms with Crippen LogP contribution >= 0.6 is 0 Å². The van der Waals surface area contributed by atoms with E-state index in [1.54, 1.807) is 0 Å². The summed E-state index contributed by atoms with van der Waals surface area (Å²) < 4.78 is 0. The van der Waals surface area contributed by atoms with Gasteiger partial charge in [-0.2, -0.15) is 0 Å². The molecule has 1 heterocycles. The van der Waals surface area contributed by atoms with Crippen molar-refractivity contribution in [3.05, 3.63) is 40.6 Å². The molecule has 17 heavy (non-hydrogen) atoms. The van der Waals surface area contributed by atoms with Gasteiger partial charge in [0.05, 0.1) is 5.52 Å². The summed E-state index contributed by atoms with van der Waals surface area (Å²) in [6.07, 6.45) is 0. The normalized spacial score (nSPS) is 13.0. The molecule has 2 aromatic rings. The number of nitrogens with two attached hydrogens (primary N) is 1. The molecule has 0 saturated heterocycles. The maximum absolute atomic E-state index is 5.72. The lowest BCUT2D eigenvalue weighted by atomic mass is 9.98. The van der Waals surface area contributed by atoms with Crippen molar-refractivity contribution in [3.8, 4) is 0 Å². The van der Waals surface area contributed by atoms with E-state index in [9.17, 15) is 0 Å². The van der Waals surface area contributed by atoms with Gasteiger partial charge >= 0.3 is 0 Å². The van der Waals surface area contributed by atoms with Crippen molar-refractivity contribution in [1.29, 1.82) is 0 Å². The van der Waals surface area contributed by atoms with Gasteiger partial charge in [0.1, 0.15) is 0 Å². The summed E-state index contributed by atoms with van der Waals surface area (Å²) in [7, 11) is 0. The Morgan fingerprint density at radius 1 is 1.12 bits per heavy atom. The number of benzene rings is 1. The first-order valence-corrected chi connectivity index (χ1v) is 6.11. The van der Waals surface area contributed by atoms with Gasteiger partial charge in [0.15, 0.2) is 0 Å². The first kappa shape index (κ1) is 12.1. The molecule has 0 bridgehead atoms. The van der Waals surface area contributed by atoms with Crippen LogP contribution in [0, 0.1) is 20.8 Å². The van der Waals surface area contributed by atoms with Gasteiger partial charge in [0, 0.05) is 23.5 Å². The second kappa shape index (κ2) is 4.46. The van der Waals surface area contributed by atoms with Crippen LogP contribution in [0.4, 0.5) is 0 Å². The van der Waals surface area contributed by atoms with Crippen molar-refractivity contribution in [3.63, 3.8) is 0 Å². The summed E-state index contributed by atoms with van der Waals surface area (Å²) in [4.78, 5) is 4.75. The van der Waals surface area contributed by atoms with E-state index in [-0.39, 0.29) is 0 Å². The van der Waals surface area contributed by atoms with Crippen molar-refractivity contribution in [2.24, 2.45) is 5.73 Å². The summed E-state index contributed by atoms with van der Waals surface area (Å²) in [5.74, 6) is 0.318. The fourth-order valence-corrected chi connectivity index (χ4v) is 2.38. The molecule has 2 nitrogen and oxygen atoms in total. The summed E-state index contributed by atoms with van der Waals surface area (Å²) in [6.45, 7) is 9.18. The Morgan fingerprint density at radius 2 is 1.76 bits per heavy atom. The summed E-state index contributed by atoms with van der Waals surface area (Å²) in [5.41, 5.74) is 11.8. The first-order valence-electron chi connectivity index (χ1n) is 6.11. The molecule has 1 atom stereocenters. The van der Waals surface area contributed by atoms with E-state index < -0.39 is 0 Å². The van der Waals surface area contributed by atoms with Gasteiger partial charge in [-0.15, -0.1) is 0 Å². The number of nitrogens with zero attached hydrogens (tertiary/aromatic N) is 1. The molecule has 0 radical (unpaired) electrons. The molecule has 0 amide bonds. The predicted octanol–water partition coefficient (Wildman–Crippen LogP) is 3.22. The topological polar surface area (TPSA) is 38.9 Å². The maximum atomic E-state index is 5.72. The molecule has 1 aromatic heterocycles. The molecule has 1 aromatic carbocycles. The van der Waals surface area contributed by atoms with Crippen molar-refractivity contribution in [2.45, 2.75) is 33.6 Å². The molecule has 90 valence electrons. The van der Waals surface area contributed by atoms with E-state index in [4.69, 9.17) is 10.7 Å². The monoisotopic (exact) mass is 228 g/mol. The minimum atomic E-state index is 0.318. The largest absolute Gasteiger partial charge is 0.330 e. The van der Waals surface area contributed by atoms with E-state index >= 15 is 0 Å². The molecule has 0 aliphatic heterocycles. The molecule has 2 N–H and O–H groups in total. The lowest BCUT2D eigenvalue weighted by molar-refractivity contribution is 0.748. The molecule has 0 saturated carbocycles. The SMILES string of the molecule is Cc1cc(C)c2c(C)cc(C(C)CN)nc2c1. The average Bonchev–Trinajstić information content (AvgIpc) is 2.26. The Labute approximate surface area is 103 Å². The molecule has 2 rings (SSSR count). The summed E-state index contributed by atoms with van der Waals surface area (Å²) >= 11 is 0. The Morgan fingerprint density at radius 3 is 2.41 bits per heavy atom. The zero-order valence-electron chi connectivity index (χ0n) is 11.0. The molecular weight excluding hydrogens is 208 g/mol. The van der Waals surface area contributed by atoms with Crippen LogP contribution in [0.5, 0.6) is 0 Å². The number of hydrogen-bond acceptors (Lipinski definition) is 2. The smallest absolute Gasteiger partial charge is 0.0713 e. The van der Waals surface area contributed by atoms with Gasteiger partial charge < -0.3 is 5.73 Å². The molecule has 1 unspecified atom stereocenters. The second-order valence-corrected chi connectivity index (χ2v) is 4.98. The van der Waals surface area contributed by atoms with E-state index in [1.807, 2.05) is 0 Å². The van der Waals surface area contributed by atoms with Gasteiger partial charge in [-0.25, -0.2) is 0 Å². The van der Waals surface area contributed by atoms with Crippen LogP contribution in [-0.4, -0.2) is 11.5 Å². The first-order chi connectivity index (χ1) is 8.02. The van der Waals surface area contributed by atoms with Crippen LogP contribution in [0.3, 0.4) is 0 Å². The van der Waals surface area contributed by atoms with Gasteiger partial charge in [-0.3, -0.25) is 4.98 Å². The Hall–Kier alpha value is -1.41. The number of aromatic nitrogens is 1. The fraction of sp³-hybridized carbons (Fsp3) is 0.400. The van der Waals surface area contributed by atoms with E-state index in [0.29, 0.717) is 12.5 Å². The van der Waals surface area contributed by atoms with Gasteiger partial charge in [-0.1, -0.05) is 13.0 Å². The molecule has 0 fully saturated rings. The van der Waals surface area contributed by atoms with E-state index in [0.717, 1.165) is 11.2 Å². The maximum Gasteiger partial charge on any atom is 0.0713 e. The number of pyridine rings is 1. The zero-order valence-corrected chi connectivity index (χ0v) is 11.0. The molecule has 0 aliphatic rings. The number of fused-ring (bicyclic) bond motifs is 1. The molecular formula is C15H20N2. The molecule has 0 aliphatic carbocycles. The van der Waals surface area contributed by atoms with E-state index in [1.165, 1.54) is 22.1 Å². The minimum absolute atomic E-state index is 0.318. The predicted molar refractivity (Wildman–Crippen MR) is 73.4 cm³/mol. The van der Waals surface area contributed by atoms with Gasteiger partial charge in [0.25, 0.3) is 0 Å². The van der Waals surface area contributed by atoms with Crippen molar-refractivity contribution in [2.75, 3.05) is 6.54 Å². The third kappa shape index (κ3) is 2.18. The van der Waals surface area contributed by atoms with E-state index in [2.05, 4.69) is 45.9 Å². The van der Waals surface area contributed by atoms with Crippen LogP contribution in [0.15, 0.2) is 18.2 Å². The van der Waals surface area contributed by atoms with Crippen LogP contribution in [-0.2, 0) is 0 Å². The Kier molecular flexibility index (Phi) is 3.16. The molecule has 2 heteroatoms. The number of rotatable bonds is 2. The van der Waals surface area contributed by atoms with Crippen LogP contribution < -0.4 is 5.73 Å². The van der Waals surface area contributed by atoms with Crippen LogP contribution in [0.2, 0.25) is 0 Å². The highest BCUT2D eigenvalue weighted by Gasteiger charge is 2.10.